The molecule has 1 N–H and O–H groups in total. The Balaban J connectivity index is 2.94. The highest BCUT2D eigenvalue weighted by Crippen LogP contribution is 2.19. The third kappa shape index (κ3) is 4.26. The topological polar surface area (TPSA) is 60.9 Å². The fourth-order valence-corrected chi connectivity index (χ4v) is 2.95. The van der Waals surface area contributed by atoms with E-state index >= 15 is 0 Å². The number of nitrogens with zero attached hydrogens (tertiary/aromatic N) is 2. The molecule has 6 heteroatoms. The Morgan fingerprint density at radius 2 is 1.67 bits per heavy atom. The van der Waals surface area contributed by atoms with Gasteiger partial charge in [0.25, 0.3) is 0 Å². The van der Waals surface area contributed by atoms with Gasteiger partial charge in [0.2, 0.25) is 10.0 Å². The fourth-order valence-electron chi connectivity index (χ4n) is 2.05. The van der Waals surface area contributed by atoms with E-state index in [0.717, 1.165) is 12.1 Å². The zero-order valence-corrected chi connectivity index (χ0v) is 14.3. The maximum absolute atomic E-state index is 12.0. The largest absolute Gasteiger partial charge is 0.394 e. The van der Waals surface area contributed by atoms with E-state index in [1.54, 1.807) is 12.1 Å². The summed E-state index contributed by atoms with van der Waals surface area (Å²) in [7, 11) is -0.342. The van der Waals surface area contributed by atoms with Gasteiger partial charge in [0, 0.05) is 26.2 Å². The van der Waals surface area contributed by atoms with Gasteiger partial charge >= 0.3 is 0 Å². The molecule has 0 fully saturated rings. The SMILES string of the molecule is CCN(Cc1ccc(S(=O)(=O)N(C)C)cc1)C(C)(C)CO. The molecule has 0 spiro atoms. The number of sulfonamides is 1. The second-order valence-electron chi connectivity index (χ2n) is 5.92. The Labute approximate surface area is 128 Å². The lowest BCUT2D eigenvalue weighted by molar-refractivity contribution is 0.0551. The molecule has 0 aliphatic rings. The third-order valence-electron chi connectivity index (χ3n) is 3.70. The summed E-state index contributed by atoms with van der Waals surface area (Å²) in [6, 6.07) is 6.91. The third-order valence-corrected chi connectivity index (χ3v) is 5.53. The predicted octanol–water partition coefficient (Wildman–Crippen LogP) is 1.53. The second kappa shape index (κ2) is 6.87. The molecule has 0 aliphatic heterocycles. The fraction of sp³-hybridized carbons (Fsp3) is 0.600. The van der Waals surface area contributed by atoms with Crippen molar-refractivity contribution in [1.29, 1.82) is 0 Å². The monoisotopic (exact) mass is 314 g/mol. The van der Waals surface area contributed by atoms with Crippen LogP contribution in [0.1, 0.15) is 26.3 Å². The summed E-state index contributed by atoms with van der Waals surface area (Å²) in [6.45, 7) is 7.58. The van der Waals surface area contributed by atoms with Gasteiger partial charge in [-0.15, -0.1) is 0 Å². The molecule has 0 aromatic heterocycles. The highest BCUT2D eigenvalue weighted by molar-refractivity contribution is 7.89. The Hall–Kier alpha value is -0.950. The summed E-state index contributed by atoms with van der Waals surface area (Å²) >= 11 is 0. The highest BCUT2D eigenvalue weighted by Gasteiger charge is 2.24. The van der Waals surface area contributed by atoms with Gasteiger partial charge in [0.1, 0.15) is 0 Å². The molecule has 0 saturated carbocycles. The quantitative estimate of drug-likeness (QED) is 0.829. The minimum Gasteiger partial charge on any atom is -0.394 e. The van der Waals surface area contributed by atoms with Gasteiger partial charge < -0.3 is 5.11 Å². The average Bonchev–Trinajstić information content (AvgIpc) is 2.44. The van der Waals surface area contributed by atoms with Gasteiger partial charge in [-0.1, -0.05) is 19.1 Å². The van der Waals surface area contributed by atoms with Gasteiger partial charge in [-0.3, -0.25) is 4.90 Å². The van der Waals surface area contributed by atoms with E-state index in [1.807, 2.05) is 32.9 Å². The first kappa shape index (κ1) is 18.1. The van der Waals surface area contributed by atoms with Gasteiger partial charge in [0.05, 0.1) is 11.5 Å². The van der Waals surface area contributed by atoms with Gasteiger partial charge in [-0.05, 0) is 38.1 Å². The van der Waals surface area contributed by atoms with Crippen molar-refractivity contribution in [2.24, 2.45) is 0 Å². The standard InChI is InChI=1S/C15H26N2O3S/c1-6-17(15(2,3)12-18)11-13-7-9-14(10-8-13)21(19,20)16(4)5/h7-10,18H,6,11-12H2,1-5H3. The van der Waals surface area contributed by atoms with Crippen LogP contribution < -0.4 is 0 Å². The number of likely N-dealkylation sites (N-methyl/N-ethyl adjacent to an activating group) is 1. The first-order chi connectivity index (χ1) is 9.65. The molecule has 0 heterocycles. The van der Waals surface area contributed by atoms with Crippen molar-refractivity contribution in [3.05, 3.63) is 29.8 Å². The van der Waals surface area contributed by atoms with Crippen LogP contribution in [0.15, 0.2) is 29.2 Å². The second-order valence-corrected chi connectivity index (χ2v) is 8.07. The molecule has 0 saturated heterocycles. The van der Waals surface area contributed by atoms with Crippen LogP contribution in [-0.2, 0) is 16.6 Å². The maximum atomic E-state index is 12.0. The van der Waals surface area contributed by atoms with E-state index in [-0.39, 0.29) is 12.1 Å². The summed E-state index contributed by atoms with van der Waals surface area (Å²) < 4.78 is 25.2. The predicted molar refractivity (Wildman–Crippen MR) is 84.6 cm³/mol. The molecule has 1 aromatic carbocycles. The summed E-state index contributed by atoms with van der Waals surface area (Å²) in [5.41, 5.74) is 0.722. The lowest BCUT2D eigenvalue weighted by Gasteiger charge is -2.36. The van der Waals surface area contributed by atoms with E-state index in [1.165, 1.54) is 18.4 Å². The van der Waals surface area contributed by atoms with E-state index < -0.39 is 10.0 Å². The summed E-state index contributed by atoms with van der Waals surface area (Å²) in [4.78, 5) is 2.45. The van der Waals surface area contributed by atoms with E-state index in [9.17, 15) is 13.5 Å². The lowest BCUT2D eigenvalue weighted by atomic mass is 10.0. The zero-order valence-electron chi connectivity index (χ0n) is 13.5. The lowest BCUT2D eigenvalue weighted by Crippen LogP contribution is -2.46. The van der Waals surface area contributed by atoms with Crippen LogP contribution in [0.5, 0.6) is 0 Å². The van der Waals surface area contributed by atoms with E-state index in [0.29, 0.717) is 11.4 Å². The van der Waals surface area contributed by atoms with Crippen molar-refractivity contribution in [3.8, 4) is 0 Å². The number of aliphatic hydroxyl groups is 1. The molecule has 0 aliphatic carbocycles. The van der Waals surface area contributed by atoms with Crippen LogP contribution in [-0.4, -0.2) is 55.5 Å². The molecule has 0 atom stereocenters. The Morgan fingerprint density at radius 3 is 2.05 bits per heavy atom. The molecular formula is C15H26N2O3S. The number of hydrogen-bond donors (Lipinski definition) is 1. The van der Waals surface area contributed by atoms with Gasteiger partial charge in [0.15, 0.2) is 0 Å². The molecule has 1 aromatic rings. The number of benzene rings is 1. The Morgan fingerprint density at radius 1 is 1.14 bits per heavy atom. The Bertz CT molecular complexity index is 551. The first-order valence-electron chi connectivity index (χ1n) is 7.02. The minimum absolute atomic E-state index is 0.0773. The van der Waals surface area contributed by atoms with Crippen molar-refractivity contribution in [3.63, 3.8) is 0 Å². The van der Waals surface area contributed by atoms with Gasteiger partial charge in [-0.2, -0.15) is 0 Å². The molecule has 5 nitrogen and oxygen atoms in total. The van der Waals surface area contributed by atoms with Crippen LogP contribution in [0.25, 0.3) is 0 Å². The highest BCUT2D eigenvalue weighted by atomic mass is 32.2. The van der Waals surface area contributed by atoms with Gasteiger partial charge in [-0.25, -0.2) is 12.7 Å². The zero-order chi connectivity index (χ0) is 16.3. The molecule has 1 rings (SSSR count). The van der Waals surface area contributed by atoms with Crippen LogP contribution >= 0.6 is 0 Å². The number of hydrogen-bond acceptors (Lipinski definition) is 4. The molecule has 0 amide bonds. The van der Waals surface area contributed by atoms with Crippen LogP contribution in [0.4, 0.5) is 0 Å². The van der Waals surface area contributed by atoms with Crippen LogP contribution in [0.3, 0.4) is 0 Å². The first-order valence-corrected chi connectivity index (χ1v) is 8.46. The summed E-state index contributed by atoms with van der Waals surface area (Å²) in [5.74, 6) is 0. The summed E-state index contributed by atoms with van der Waals surface area (Å²) in [6.07, 6.45) is 0. The average molecular weight is 314 g/mol. The van der Waals surface area contributed by atoms with Crippen LogP contribution in [0.2, 0.25) is 0 Å². The van der Waals surface area contributed by atoms with Crippen molar-refractivity contribution in [2.45, 2.75) is 37.8 Å². The van der Waals surface area contributed by atoms with Crippen LogP contribution in [0, 0.1) is 0 Å². The smallest absolute Gasteiger partial charge is 0.242 e. The molecule has 120 valence electrons. The Kier molecular flexibility index (Phi) is 5.92. The number of aliphatic hydroxyl groups excluding tert-OH is 1. The molecule has 21 heavy (non-hydrogen) atoms. The normalized spacial score (nSPS) is 13.1. The van der Waals surface area contributed by atoms with Crippen molar-refractivity contribution in [2.75, 3.05) is 27.2 Å². The summed E-state index contributed by atoms with van der Waals surface area (Å²) in [5, 5.41) is 9.46. The number of rotatable bonds is 7. The van der Waals surface area contributed by atoms with Crippen molar-refractivity contribution >= 4 is 10.0 Å². The molecule has 0 unspecified atom stereocenters. The minimum atomic E-state index is -3.38. The van der Waals surface area contributed by atoms with E-state index in [2.05, 4.69) is 4.90 Å². The molecule has 0 radical (unpaired) electrons. The maximum Gasteiger partial charge on any atom is 0.242 e. The molecular weight excluding hydrogens is 288 g/mol. The van der Waals surface area contributed by atoms with Crippen molar-refractivity contribution in [1.82, 2.24) is 9.21 Å². The van der Waals surface area contributed by atoms with Crippen molar-refractivity contribution < 1.29 is 13.5 Å². The van der Waals surface area contributed by atoms with E-state index in [4.69, 9.17) is 0 Å². The molecule has 0 bridgehead atoms.